The van der Waals surface area contributed by atoms with Crippen molar-refractivity contribution in [2.45, 2.75) is 32.5 Å². The third kappa shape index (κ3) is 5.23. The zero-order valence-corrected chi connectivity index (χ0v) is 5.41. The zero-order valence-electron chi connectivity index (χ0n) is 5.41. The first-order chi connectivity index (χ1) is 4.31. The summed E-state index contributed by atoms with van der Waals surface area (Å²) in [5, 5.41) is 10.8. The van der Waals surface area contributed by atoms with Gasteiger partial charge in [0.05, 0.1) is 0 Å². The maximum atomic E-state index is 9.35. The van der Waals surface area contributed by atoms with E-state index < -0.39 is 6.29 Å². The first-order valence-corrected chi connectivity index (χ1v) is 2.97. The van der Waals surface area contributed by atoms with Crippen LogP contribution < -0.4 is 0 Å². The first kappa shape index (κ1) is 8.36. The van der Waals surface area contributed by atoms with Crippen LogP contribution >= 0.6 is 0 Å². The zero-order chi connectivity index (χ0) is 7.11. The lowest BCUT2D eigenvalue weighted by Gasteiger charge is -2.02. The molecule has 0 aromatic rings. The van der Waals surface area contributed by atoms with Crippen LogP contribution in [0.2, 0.25) is 0 Å². The summed E-state index contributed by atoms with van der Waals surface area (Å²) in [5.74, 6) is 0. The molecule has 0 aliphatic rings. The normalized spacial score (nSPS) is 12.7. The summed E-state index contributed by atoms with van der Waals surface area (Å²) in [6.45, 7) is 1.99. The molecule has 0 amide bonds. The van der Waals surface area contributed by atoms with Crippen molar-refractivity contribution in [3.63, 3.8) is 0 Å². The van der Waals surface area contributed by atoms with Gasteiger partial charge in [-0.05, 0) is 6.42 Å². The molecule has 0 bridgehead atoms. The van der Waals surface area contributed by atoms with Crippen LogP contribution in [-0.4, -0.2) is 11.4 Å². The molecule has 1 atom stereocenters. The molecule has 0 aliphatic heterocycles. The third-order valence-electron chi connectivity index (χ3n) is 0.969. The number of aliphatic hydroxyl groups excluding tert-OH is 1. The molecule has 0 aromatic heterocycles. The van der Waals surface area contributed by atoms with Crippen molar-refractivity contribution in [2.24, 2.45) is 5.34 Å². The molecule has 0 aromatic carbocycles. The molecular weight excluding hydrogens is 122 g/mol. The minimum atomic E-state index is -1.01. The van der Waals surface area contributed by atoms with Crippen LogP contribution in [0.5, 0.6) is 0 Å². The van der Waals surface area contributed by atoms with Gasteiger partial charge in [0, 0.05) is 6.42 Å². The highest BCUT2D eigenvalue weighted by Gasteiger charge is 2.01. The molecule has 0 spiro atoms. The molecule has 0 rings (SSSR count). The number of rotatable bonds is 5. The van der Waals surface area contributed by atoms with Crippen LogP contribution in [0.1, 0.15) is 26.2 Å². The highest BCUT2D eigenvalue weighted by Crippen LogP contribution is 2.00. The van der Waals surface area contributed by atoms with Gasteiger partial charge < -0.3 is 9.94 Å². The number of unbranched alkanes of at least 4 members (excludes halogenated alkanes) is 1. The number of aliphatic hydroxyl groups is 1. The van der Waals surface area contributed by atoms with E-state index in [1.54, 1.807) is 0 Å². The molecular formula is C5H11NO3. The number of hydrogen-bond donors (Lipinski definition) is 1. The monoisotopic (exact) mass is 133 g/mol. The molecule has 0 saturated heterocycles. The molecule has 0 radical (unpaired) electrons. The van der Waals surface area contributed by atoms with Gasteiger partial charge >= 0.3 is 0 Å². The van der Waals surface area contributed by atoms with Crippen molar-refractivity contribution >= 4 is 0 Å². The highest BCUT2D eigenvalue weighted by atomic mass is 16.8. The second kappa shape index (κ2) is 5.50. The SMILES string of the molecule is CCCCC(O)ON=O. The van der Waals surface area contributed by atoms with Gasteiger partial charge in [0.15, 0.2) is 5.34 Å². The summed E-state index contributed by atoms with van der Waals surface area (Å²) >= 11 is 0. The van der Waals surface area contributed by atoms with E-state index in [0.29, 0.717) is 6.42 Å². The third-order valence-corrected chi connectivity index (χ3v) is 0.969. The van der Waals surface area contributed by atoms with Gasteiger partial charge in [0.1, 0.15) is 0 Å². The van der Waals surface area contributed by atoms with E-state index in [1.807, 2.05) is 6.92 Å². The van der Waals surface area contributed by atoms with Crippen molar-refractivity contribution < 1.29 is 9.94 Å². The molecule has 0 heterocycles. The van der Waals surface area contributed by atoms with E-state index in [4.69, 9.17) is 5.11 Å². The second-order valence-electron chi connectivity index (χ2n) is 1.78. The lowest BCUT2D eigenvalue weighted by molar-refractivity contribution is -0.105. The van der Waals surface area contributed by atoms with Gasteiger partial charge in [-0.15, -0.1) is 4.91 Å². The Labute approximate surface area is 53.8 Å². The molecule has 1 N–H and O–H groups in total. The van der Waals surface area contributed by atoms with Gasteiger partial charge in [0.25, 0.3) is 0 Å². The predicted molar refractivity (Wildman–Crippen MR) is 32.4 cm³/mol. The number of nitrogens with zero attached hydrogens (tertiary/aromatic N) is 1. The van der Waals surface area contributed by atoms with E-state index in [9.17, 15) is 4.91 Å². The van der Waals surface area contributed by atoms with Crippen molar-refractivity contribution in [1.29, 1.82) is 0 Å². The van der Waals surface area contributed by atoms with E-state index in [1.165, 1.54) is 0 Å². The predicted octanol–water partition coefficient (Wildman–Crippen LogP) is 1.19. The summed E-state index contributed by atoms with van der Waals surface area (Å²) in [4.78, 5) is 13.3. The van der Waals surface area contributed by atoms with E-state index in [0.717, 1.165) is 12.8 Å². The van der Waals surface area contributed by atoms with Crippen molar-refractivity contribution in [2.75, 3.05) is 0 Å². The van der Waals surface area contributed by atoms with Gasteiger partial charge in [-0.1, -0.05) is 13.3 Å². The standard InChI is InChI=1S/C5H11NO3/c1-2-3-4-5(7)9-6-8/h5,7H,2-4H2,1H3. The van der Waals surface area contributed by atoms with Crippen LogP contribution in [-0.2, 0) is 4.84 Å². The Hall–Kier alpha value is -0.640. The highest BCUT2D eigenvalue weighted by molar-refractivity contribution is 4.39. The van der Waals surface area contributed by atoms with Crippen molar-refractivity contribution in [1.82, 2.24) is 0 Å². The van der Waals surface area contributed by atoms with Gasteiger partial charge in [-0.25, -0.2) is 0 Å². The summed E-state index contributed by atoms with van der Waals surface area (Å²) < 4.78 is 0. The average molecular weight is 133 g/mol. The van der Waals surface area contributed by atoms with Crippen molar-refractivity contribution in [3.05, 3.63) is 4.91 Å². The quantitative estimate of drug-likeness (QED) is 0.348. The Bertz CT molecular complexity index is 76.6. The Balaban J connectivity index is 3.04. The van der Waals surface area contributed by atoms with Gasteiger partial charge in [0.2, 0.25) is 6.29 Å². The van der Waals surface area contributed by atoms with E-state index in [2.05, 4.69) is 10.2 Å². The maximum absolute atomic E-state index is 9.35. The summed E-state index contributed by atoms with van der Waals surface area (Å²) in [6.07, 6.45) is 1.28. The summed E-state index contributed by atoms with van der Waals surface area (Å²) in [7, 11) is 0. The van der Waals surface area contributed by atoms with Crippen LogP contribution in [0, 0.1) is 4.91 Å². The minimum Gasteiger partial charge on any atom is -0.357 e. The summed E-state index contributed by atoms with van der Waals surface area (Å²) in [5.41, 5.74) is 0. The van der Waals surface area contributed by atoms with Crippen LogP contribution in [0.15, 0.2) is 5.34 Å². The minimum absolute atomic E-state index is 0.474. The molecule has 0 saturated carbocycles. The lowest BCUT2D eigenvalue weighted by atomic mass is 10.2. The second-order valence-corrected chi connectivity index (χ2v) is 1.78. The lowest BCUT2D eigenvalue weighted by Crippen LogP contribution is -2.06. The van der Waals surface area contributed by atoms with Gasteiger partial charge in [-0.3, -0.25) is 0 Å². The fourth-order valence-electron chi connectivity index (χ4n) is 0.481. The molecule has 9 heavy (non-hydrogen) atoms. The van der Waals surface area contributed by atoms with Crippen LogP contribution in [0.4, 0.5) is 0 Å². The molecule has 1 unspecified atom stereocenters. The van der Waals surface area contributed by atoms with Crippen LogP contribution in [0.3, 0.4) is 0 Å². The van der Waals surface area contributed by atoms with E-state index >= 15 is 0 Å². The number of hydrogen-bond acceptors (Lipinski definition) is 4. The largest absolute Gasteiger partial charge is 0.357 e. The first-order valence-electron chi connectivity index (χ1n) is 2.97. The van der Waals surface area contributed by atoms with Crippen LogP contribution in [0.25, 0.3) is 0 Å². The Morgan fingerprint density at radius 1 is 1.78 bits per heavy atom. The maximum Gasteiger partial charge on any atom is 0.227 e. The Morgan fingerprint density at radius 2 is 2.44 bits per heavy atom. The molecule has 4 heteroatoms. The Morgan fingerprint density at radius 3 is 2.89 bits per heavy atom. The van der Waals surface area contributed by atoms with E-state index in [-0.39, 0.29) is 0 Å². The average Bonchev–Trinajstić information content (AvgIpc) is 1.85. The Kier molecular flexibility index (Phi) is 5.11. The topological polar surface area (TPSA) is 58.9 Å². The molecule has 54 valence electrons. The van der Waals surface area contributed by atoms with Gasteiger partial charge in [-0.2, -0.15) is 0 Å². The fraction of sp³-hybridized carbons (Fsp3) is 1.00. The summed E-state index contributed by atoms with van der Waals surface area (Å²) in [6, 6.07) is 0. The fourth-order valence-corrected chi connectivity index (χ4v) is 0.481. The molecule has 0 aliphatic carbocycles. The van der Waals surface area contributed by atoms with Crippen molar-refractivity contribution in [3.8, 4) is 0 Å². The smallest absolute Gasteiger partial charge is 0.227 e. The molecule has 4 nitrogen and oxygen atoms in total. The molecule has 0 fully saturated rings.